The average molecular weight is 261 g/mol. The summed E-state index contributed by atoms with van der Waals surface area (Å²) in [5.74, 6) is -2.31. The van der Waals surface area contributed by atoms with E-state index in [4.69, 9.17) is 5.11 Å². The molecule has 1 rings (SSSR count). The summed E-state index contributed by atoms with van der Waals surface area (Å²) in [6.07, 6.45) is -12.5. The molecule has 1 unspecified atom stereocenters. The van der Waals surface area contributed by atoms with Crippen LogP contribution in [0, 0.1) is 0 Å². The molecular formula is C8H11F4NO4. The first-order valence-corrected chi connectivity index (χ1v) is 4.68. The molecule has 0 bridgehead atoms. The number of amides is 1. The second-order valence-corrected chi connectivity index (χ2v) is 3.66. The van der Waals surface area contributed by atoms with Crippen molar-refractivity contribution in [3.8, 4) is 0 Å². The molecule has 1 heterocycles. The van der Waals surface area contributed by atoms with Gasteiger partial charge in [0, 0.05) is 0 Å². The van der Waals surface area contributed by atoms with Gasteiger partial charge in [-0.25, -0.2) is 4.39 Å². The summed E-state index contributed by atoms with van der Waals surface area (Å²) in [6.45, 7) is 1.19. The summed E-state index contributed by atoms with van der Waals surface area (Å²) < 4.78 is 53.5. The molecule has 5 atom stereocenters. The topological polar surface area (TPSA) is 78.8 Å². The van der Waals surface area contributed by atoms with E-state index >= 15 is 0 Å². The highest BCUT2D eigenvalue weighted by molar-refractivity contribution is 5.82. The van der Waals surface area contributed by atoms with Crippen molar-refractivity contribution in [2.24, 2.45) is 0 Å². The average Bonchev–Trinajstić information content (AvgIpc) is 2.19. The first-order valence-electron chi connectivity index (χ1n) is 4.68. The fraction of sp³-hybridized carbons (Fsp3) is 0.875. The number of nitrogens with one attached hydrogen (secondary N) is 1. The van der Waals surface area contributed by atoms with Crippen LogP contribution in [0.5, 0.6) is 0 Å². The lowest BCUT2D eigenvalue weighted by Crippen LogP contribution is -2.62. The fourth-order valence-corrected chi connectivity index (χ4v) is 1.46. The third kappa shape index (κ3) is 3.05. The number of halogens is 4. The third-order valence-electron chi connectivity index (χ3n) is 2.38. The van der Waals surface area contributed by atoms with Gasteiger partial charge < -0.3 is 20.3 Å². The zero-order chi connectivity index (χ0) is 13.4. The number of aliphatic hydroxyl groups is 2. The largest absolute Gasteiger partial charge is 0.471 e. The number of aliphatic hydroxyl groups excluding tert-OH is 2. The molecule has 100 valence electrons. The zero-order valence-corrected chi connectivity index (χ0v) is 8.61. The van der Waals surface area contributed by atoms with Crippen molar-refractivity contribution in [3.63, 3.8) is 0 Å². The van der Waals surface area contributed by atoms with Crippen molar-refractivity contribution < 1.29 is 37.3 Å². The summed E-state index contributed by atoms with van der Waals surface area (Å²) >= 11 is 0. The Hall–Kier alpha value is -0.930. The minimum Gasteiger partial charge on any atom is -0.388 e. The summed E-state index contributed by atoms with van der Waals surface area (Å²) in [6, 6.07) is -1.58. The third-order valence-corrected chi connectivity index (χ3v) is 2.38. The molecule has 0 aliphatic carbocycles. The fourth-order valence-electron chi connectivity index (χ4n) is 1.46. The Morgan fingerprint density at radius 1 is 1.35 bits per heavy atom. The Balaban J connectivity index is 2.73. The van der Waals surface area contributed by atoms with Crippen LogP contribution < -0.4 is 5.32 Å². The highest BCUT2D eigenvalue weighted by Crippen LogP contribution is 2.23. The molecular weight excluding hydrogens is 250 g/mol. The van der Waals surface area contributed by atoms with E-state index in [2.05, 4.69) is 4.74 Å². The molecule has 1 fully saturated rings. The Bertz CT molecular complexity index is 298. The first kappa shape index (κ1) is 14.1. The lowest BCUT2D eigenvalue weighted by molar-refractivity contribution is -0.237. The summed E-state index contributed by atoms with van der Waals surface area (Å²) in [4.78, 5) is 10.6. The quantitative estimate of drug-likeness (QED) is 0.554. The minimum absolute atomic E-state index is 1.15. The first-order chi connectivity index (χ1) is 7.64. The Labute approximate surface area is 93.4 Å². The van der Waals surface area contributed by atoms with Gasteiger partial charge in [-0.2, -0.15) is 13.2 Å². The van der Waals surface area contributed by atoms with Gasteiger partial charge in [-0.1, -0.05) is 0 Å². The van der Waals surface area contributed by atoms with Crippen LogP contribution in [0.25, 0.3) is 0 Å². The molecule has 0 aromatic heterocycles. The van der Waals surface area contributed by atoms with E-state index in [1.165, 1.54) is 12.2 Å². The van der Waals surface area contributed by atoms with Crippen molar-refractivity contribution >= 4 is 5.91 Å². The number of hydrogen-bond donors (Lipinski definition) is 3. The summed E-state index contributed by atoms with van der Waals surface area (Å²) in [7, 11) is 0. The molecule has 0 saturated carbocycles. The van der Waals surface area contributed by atoms with Gasteiger partial charge in [0.05, 0.1) is 12.1 Å². The Morgan fingerprint density at radius 2 is 1.88 bits per heavy atom. The van der Waals surface area contributed by atoms with E-state index in [1.54, 1.807) is 0 Å². The Kier molecular flexibility index (Phi) is 3.95. The van der Waals surface area contributed by atoms with E-state index in [9.17, 15) is 27.5 Å². The van der Waals surface area contributed by atoms with Crippen LogP contribution in [-0.4, -0.2) is 53.0 Å². The number of hydrogen-bond acceptors (Lipinski definition) is 4. The van der Waals surface area contributed by atoms with Gasteiger partial charge in [-0.15, -0.1) is 0 Å². The second kappa shape index (κ2) is 4.75. The molecule has 0 spiro atoms. The zero-order valence-electron chi connectivity index (χ0n) is 8.61. The maximum atomic E-state index is 13.1. The number of alkyl halides is 4. The van der Waals surface area contributed by atoms with E-state index in [1.807, 2.05) is 0 Å². The standard InChI is InChI=1S/C8H11F4NO4/c1-2-4(13-7(16)8(10,11)12)5(14)3(9)6(15)17-2/h2-6,14-15H,1H3,(H,13,16)/t2-,3+,4+,5-,6?/m0/s1. The summed E-state index contributed by atoms with van der Waals surface area (Å²) in [5.41, 5.74) is 0. The monoisotopic (exact) mass is 261 g/mol. The van der Waals surface area contributed by atoms with E-state index in [0.29, 0.717) is 0 Å². The van der Waals surface area contributed by atoms with Crippen LogP contribution in [0.15, 0.2) is 0 Å². The van der Waals surface area contributed by atoms with Gasteiger partial charge in [0.1, 0.15) is 6.10 Å². The minimum atomic E-state index is -5.14. The molecule has 0 aromatic rings. The van der Waals surface area contributed by atoms with Crippen molar-refractivity contribution in [2.75, 3.05) is 0 Å². The summed E-state index contributed by atoms with van der Waals surface area (Å²) in [5, 5.41) is 19.7. The van der Waals surface area contributed by atoms with Crippen molar-refractivity contribution in [1.29, 1.82) is 0 Å². The number of ether oxygens (including phenoxy) is 1. The van der Waals surface area contributed by atoms with Crippen molar-refractivity contribution in [3.05, 3.63) is 0 Å². The van der Waals surface area contributed by atoms with Crippen LogP contribution in [0.1, 0.15) is 6.92 Å². The van der Waals surface area contributed by atoms with Crippen LogP contribution in [0.4, 0.5) is 17.6 Å². The molecule has 17 heavy (non-hydrogen) atoms. The van der Waals surface area contributed by atoms with E-state index in [0.717, 1.165) is 0 Å². The number of carbonyl (C=O) groups excluding carboxylic acids is 1. The highest BCUT2D eigenvalue weighted by Gasteiger charge is 2.47. The van der Waals surface area contributed by atoms with Gasteiger partial charge in [0.2, 0.25) is 0 Å². The van der Waals surface area contributed by atoms with Crippen LogP contribution in [0.3, 0.4) is 0 Å². The normalized spacial score (nSPS) is 38.9. The number of rotatable bonds is 1. The molecule has 1 aliphatic heterocycles. The van der Waals surface area contributed by atoms with E-state index in [-0.39, 0.29) is 0 Å². The molecule has 0 aromatic carbocycles. The van der Waals surface area contributed by atoms with Crippen molar-refractivity contribution in [2.45, 2.75) is 43.8 Å². The maximum absolute atomic E-state index is 13.1. The molecule has 5 nitrogen and oxygen atoms in total. The molecule has 1 saturated heterocycles. The second-order valence-electron chi connectivity index (χ2n) is 3.66. The lowest BCUT2D eigenvalue weighted by Gasteiger charge is -2.38. The number of carbonyl (C=O) groups is 1. The van der Waals surface area contributed by atoms with Gasteiger partial charge in [-0.3, -0.25) is 4.79 Å². The molecule has 0 radical (unpaired) electrons. The SMILES string of the molecule is C[C@@H]1OC(O)[C@H](F)[C@H](O)[C@@H]1NC(=O)C(F)(F)F. The van der Waals surface area contributed by atoms with Crippen LogP contribution in [0.2, 0.25) is 0 Å². The maximum Gasteiger partial charge on any atom is 0.471 e. The van der Waals surface area contributed by atoms with Gasteiger partial charge in [-0.05, 0) is 6.92 Å². The predicted molar refractivity (Wildman–Crippen MR) is 45.4 cm³/mol. The highest BCUT2D eigenvalue weighted by atomic mass is 19.4. The van der Waals surface area contributed by atoms with Gasteiger partial charge in [0.15, 0.2) is 12.5 Å². The molecule has 3 N–H and O–H groups in total. The predicted octanol–water partition coefficient (Wildman–Crippen LogP) is -0.530. The van der Waals surface area contributed by atoms with Crippen molar-refractivity contribution in [1.82, 2.24) is 5.32 Å². The molecule has 1 aliphatic rings. The van der Waals surface area contributed by atoms with Gasteiger partial charge in [0.25, 0.3) is 0 Å². The smallest absolute Gasteiger partial charge is 0.388 e. The lowest BCUT2D eigenvalue weighted by atomic mass is 9.98. The van der Waals surface area contributed by atoms with Gasteiger partial charge >= 0.3 is 12.1 Å². The Morgan fingerprint density at radius 3 is 2.35 bits per heavy atom. The van der Waals surface area contributed by atoms with E-state index < -0.39 is 42.8 Å². The van der Waals surface area contributed by atoms with Crippen LogP contribution in [-0.2, 0) is 9.53 Å². The van der Waals surface area contributed by atoms with Crippen LogP contribution >= 0.6 is 0 Å². The molecule has 9 heteroatoms. The molecule has 1 amide bonds.